The van der Waals surface area contributed by atoms with Crippen LogP contribution < -0.4 is 0 Å². The molecule has 118 valence electrons. The van der Waals surface area contributed by atoms with Crippen molar-refractivity contribution in [3.05, 3.63) is 0 Å². The smallest absolute Gasteiger partial charge is 0.308 e. The lowest BCUT2D eigenvalue weighted by atomic mass is 9.99. The number of rotatable bonds is 6. The van der Waals surface area contributed by atoms with Crippen molar-refractivity contribution in [1.29, 1.82) is 0 Å². The molecule has 0 radical (unpaired) electrons. The molecule has 0 amide bonds. The van der Waals surface area contributed by atoms with Crippen molar-refractivity contribution in [2.75, 3.05) is 13.2 Å². The standard InChI is InChI=1S/C12H22O8/c1-3-18-8(14)4-6(2)19-12-11(17)10(16)9(15)7(5-13)20-12/h6-7,9-13,15-17H,3-5H2,1-2H3/t6-,7-,9-,10+,11-,12-/m1/s1. The Balaban J connectivity index is 2.55. The molecule has 0 aromatic carbocycles. The Bertz CT molecular complexity index is 308. The quantitative estimate of drug-likeness (QED) is 0.420. The maximum Gasteiger partial charge on any atom is 0.308 e. The van der Waals surface area contributed by atoms with Crippen LogP contribution in [0.3, 0.4) is 0 Å². The number of aliphatic hydroxyl groups excluding tert-OH is 4. The average molecular weight is 294 g/mol. The van der Waals surface area contributed by atoms with Crippen LogP contribution in [0.2, 0.25) is 0 Å². The SMILES string of the molecule is CCOC(=O)C[C@@H](C)O[C@@H]1O[C@H](CO)[C@@H](O)[C@H](O)[C@H]1O. The van der Waals surface area contributed by atoms with Crippen LogP contribution in [0.25, 0.3) is 0 Å². The molecule has 0 saturated carbocycles. The van der Waals surface area contributed by atoms with Crippen LogP contribution in [-0.2, 0) is 19.0 Å². The zero-order valence-electron chi connectivity index (χ0n) is 11.5. The molecular formula is C12H22O8. The Hall–Kier alpha value is -0.770. The predicted molar refractivity (Wildman–Crippen MR) is 65.6 cm³/mol. The van der Waals surface area contributed by atoms with Gasteiger partial charge >= 0.3 is 5.97 Å². The summed E-state index contributed by atoms with van der Waals surface area (Å²) in [7, 11) is 0. The van der Waals surface area contributed by atoms with Gasteiger partial charge < -0.3 is 34.6 Å². The minimum absolute atomic E-state index is 0.0388. The monoisotopic (exact) mass is 294 g/mol. The van der Waals surface area contributed by atoms with E-state index in [1.54, 1.807) is 13.8 Å². The molecule has 1 fully saturated rings. The number of hydrogen-bond donors (Lipinski definition) is 4. The van der Waals surface area contributed by atoms with Gasteiger partial charge in [0.25, 0.3) is 0 Å². The van der Waals surface area contributed by atoms with Crippen LogP contribution >= 0.6 is 0 Å². The number of esters is 1. The fraction of sp³-hybridized carbons (Fsp3) is 0.917. The van der Waals surface area contributed by atoms with E-state index in [2.05, 4.69) is 0 Å². The van der Waals surface area contributed by atoms with Gasteiger partial charge in [-0.2, -0.15) is 0 Å². The van der Waals surface area contributed by atoms with Crippen molar-refractivity contribution in [2.24, 2.45) is 0 Å². The van der Waals surface area contributed by atoms with Crippen molar-refractivity contribution in [1.82, 2.24) is 0 Å². The molecule has 8 heteroatoms. The van der Waals surface area contributed by atoms with Crippen molar-refractivity contribution in [3.8, 4) is 0 Å². The molecule has 8 nitrogen and oxygen atoms in total. The third kappa shape index (κ3) is 4.37. The molecule has 0 aliphatic carbocycles. The Morgan fingerprint density at radius 2 is 1.90 bits per heavy atom. The van der Waals surface area contributed by atoms with E-state index < -0.39 is 49.4 Å². The Morgan fingerprint density at radius 1 is 1.25 bits per heavy atom. The molecule has 1 rings (SSSR count). The molecule has 0 aromatic rings. The van der Waals surface area contributed by atoms with Gasteiger partial charge in [-0.25, -0.2) is 0 Å². The van der Waals surface area contributed by atoms with Gasteiger partial charge in [-0.3, -0.25) is 4.79 Å². The highest BCUT2D eigenvalue weighted by Crippen LogP contribution is 2.23. The second-order valence-corrected chi connectivity index (χ2v) is 4.65. The minimum Gasteiger partial charge on any atom is -0.466 e. The Morgan fingerprint density at radius 3 is 2.45 bits per heavy atom. The molecule has 1 saturated heterocycles. The number of ether oxygens (including phenoxy) is 3. The lowest BCUT2D eigenvalue weighted by Crippen LogP contribution is -2.59. The van der Waals surface area contributed by atoms with Gasteiger partial charge in [0.15, 0.2) is 6.29 Å². The molecule has 20 heavy (non-hydrogen) atoms. The first-order valence-electron chi connectivity index (χ1n) is 6.52. The van der Waals surface area contributed by atoms with E-state index in [1.807, 2.05) is 0 Å². The largest absolute Gasteiger partial charge is 0.466 e. The predicted octanol–water partition coefficient (Wildman–Crippen LogP) is -1.86. The lowest BCUT2D eigenvalue weighted by molar-refractivity contribution is -0.310. The Labute approximate surface area is 116 Å². The van der Waals surface area contributed by atoms with E-state index in [0.717, 1.165) is 0 Å². The summed E-state index contributed by atoms with van der Waals surface area (Å²) in [5.41, 5.74) is 0. The molecule has 0 spiro atoms. The summed E-state index contributed by atoms with van der Waals surface area (Å²) < 4.78 is 15.2. The first kappa shape index (κ1) is 17.3. The van der Waals surface area contributed by atoms with Gasteiger partial charge in [-0.05, 0) is 13.8 Å². The van der Waals surface area contributed by atoms with Gasteiger partial charge in [0, 0.05) is 0 Å². The van der Waals surface area contributed by atoms with E-state index in [1.165, 1.54) is 0 Å². The van der Waals surface area contributed by atoms with E-state index in [0.29, 0.717) is 0 Å². The van der Waals surface area contributed by atoms with Crippen LogP contribution in [0.1, 0.15) is 20.3 Å². The minimum atomic E-state index is -1.50. The highest BCUT2D eigenvalue weighted by molar-refractivity contribution is 5.69. The van der Waals surface area contributed by atoms with Crippen LogP contribution in [-0.4, -0.2) is 76.4 Å². The van der Waals surface area contributed by atoms with Crippen molar-refractivity contribution >= 4 is 5.97 Å². The molecule has 0 bridgehead atoms. The van der Waals surface area contributed by atoms with Gasteiger partial charge in [0.2, 0.25) is 0 Å². The number of aliphatic hydroxyl groups is 4. The number of hydrogen-bond acceptors (Lipinski definition) is 8. The maximum atomic E-state index is 11.3. The summed E-state index contributed by atoms with van der Waals surface area (Å²) in [6, 6.07) is 0. The van der Waals surface area contributed by atoms with E-state index in [4.69, 9.17) is 19.3 Å². The van der Waals surface area contributed by atoms with Gasteiger partial charge in [0.1, 0.15) is 24.4 Å². The summed E-state index contributed by atoms with van der Waals surface area (Å²) in [6.07, 6.45) is -7.34. The third-order valence-corrected chi connectivity index (χ3v) is 2.97. The number of carbonyl (C=O) groups is 1. The van der Waals surface area contributed by atoms with E-state index in [-0.39, 0.29) is 13.0 Å². The second-order valence-electron chi connectivity index (χ2n) is 4.65. The summed E-state index contributed by atoms with van der Waals surface area (Å²) in [5.74, 6) is -0.454. The van der Waals surface area contributed by atoms with Crippen molar-refractivity contribution in [3.63, 3.8) is 0 Å². The highest BCUT2D eigenvalue weighted by atomic mass is 16.7. The third-order valence-electron chi connectivity index (χ3n) is 2.97. The van der Waals surface area contributed by atoms with Crippen LogP contribution in [0.4, 0.5) is 0 Å². The maximum absolute atomic E-state index is 11.3. The van der Waals surface area contributed by atoms with Gasteiger partial charge in [-0.1, -0.05) is 0 Å². The summed E-state index contributed by atoms with van der Waals surface area (Å²) in [5, 5.41) is 38.0. The molecule has 1 aliphatic heterocycles. The molecule has 1 heterocycles. The van der Waals surface area contributed by atoms with Gasteiger partial charge in [-0.15, -0.1) is 0 Å². The van der Waals surface area contributed by atoms with E-state index in [9.17, 15) is 20.1 Å². The van der Waals surface area contributed by atoms with Gasteiger partial charge in [0.05, 0.1) is 25.7 Å². The highest BCUT2D eigenvalue weighted by Gasteiger charge is 2.44. The van der Waals surface area contributed by atoms with E-state index >= 15 is 0 Å². The Kier molecular flexibility index (Phi) is 6.80. The molecule has 0 unspecified atom stereocenters. The average Bonchev–Trinajstić information content (AvgIpc) is 2.39. The first-order chi connectivity index (χ1) is 9.40. The topological polar surface area (TPSA) is 126 Å². The lowest BCUT2D eigenvalue weighted by Gasteiger charge is -2.40. The fourth-order valence-corrected chi connectivity index (χ4v) is 1.91. The zero-order valence-corrected chi connectivity index (χ0v) is 11.5. The zero-order chi connectivity index (χ0) is 15.3. The fourth-order valence-electron chi connectivity index (χ4n) is 1.91. The number of carbonyl (C=O) groups excluding carboxylic acids is 1. The summed E-state index contributed by atoms with van der Waals surface area (Å²) >= 11 is 0. The van der Waals surface area contributed by atoms with Crippen LogP contribution in [0.5, 0.6) is 0 Å². The second kappa shape index (κ2) is 7.87. The molecule has 6 atom stereocenters. The summed E-state index contributed by atoms with van der Waals surface area (Å²) in [4.78, 5) is 11.3. The summed E-state index contributed by atoms with van der Waals surface area (Å²) in [6.45, 7) is 2.99. The van der Waals surface area contributed by atoms with Crippen LogP contribution in [0, 0.1) is 0 Å². The molecule has 1 aliphatic rings. The molecular weight excluding hydrogens is 272 g/mol. The normalized spacial score (nSPS) is 35.6. The van der Waals surface area contributed by atoms with Crippen LogP contribution in [0.15, 0.2) is 0 Å². The molecule has 4 N–H and O–H groups in total. The molecule has 0 aromatic heterocycles. The van der Waals surface area contributed by atoms with Crippen molar-refractivity contribution < 1.29 is 39.4 Å². The van der Waals surface area contributed by atoms with Crippen molar-refractivity contribution in [2.45, 2.75) is 57.1 Å². The first-order valence-corrected chi connectivity index (χ1v) is 6.52.